The zero-order chi connectivity index (χ0) is 15.5. The van der Waals surface area contributed by atoms with E-state index < -0.39 is 0 Å². The smallest absolute Gasteiger partial charge is 0.181 e. The molecule has 112 valence electrons. The standard InChI is InChI=1S/C16H15ClN4O/c1-22-13-8-4-11(5-9-13)15-19-16(21-20-15)14(18)10-2-6-12(17)7-3-10/h2-9,14H,18H2,1H3,(H,19,20,21). The normalized spacial score (nSPS) is 12.1. The highest BCUT2D eigenvalue weighted by atomic mass is 35.5. The summed E-state index contributed by atoms with van der Waals surface area (Å²) >= 11 is 5.88. The van der Waals surface area contributed by atoms with Crippen LogP contribution in [-0.2, 0) is 0 Å². The van der Waals surface area contributed by atoms with Crippen molar-refractivity contribution in [2.45, 2.75) is 6.04 Å². The van der Waals surface area contributed by atoms with E-state index in [1.165, 1.54) is 0 Å². The molecule has 0 radical (unpaired) electrons. The fourth-order valence-corrected chi connectivity index (χ4v) is 2.24. The van der Waals surface area contributed by atoms with Gasteiger partial charge in [-0.15, -0.1) is 0 Å². The number of aromatic amines is 1. The third-order valence-corrected chi connectivity index (χ3v) is 3.63. The van der Waals surface area contributed by atoms with E-state index in [0.717, 1.165) is 16.9 Å². The zero-order valence-electron chi connectivity index (χ0n) is 12.0. The maximum atomic E-state index is 6.21. The Labute approximate surface area is 133 Å². The Kier molecular flexibility index (Phi) is 4.09. The highest BCUT2D eigenvalue weighted by molar-refractivity contribution is 6.30. The number of H-pyrrole nitrogens is 1. The van der Waals surface area contributed by atoms with Crippen LogP contribution in [0.25, 0.3) is 11.4 Å². The van der Waals surface area contributed by atoms with Gasteiger partial charge in [-0.05, 0) is 42.0 Å². The van der Waals surface area contributed by atoms with Crippen molar-refractivity contribution in [1.29, 1.82) is 0 Å². The van der Waals surface area contributed by atoms with Gasteiger partial charge in [0.05, 0.1) is 13.2 Å². The molecule has 0 aliphatic heterocycles. The third kappa shape index (κ3) is 2.95. The fourth-order valence-electron chi connectivity index (χ4n) is 2.11. The quantitative estimate of drug-likeness (QED) is 0.775. The van der Waals surface area contributed by atoms with Crippen LogP contribution in [0.15, 0.2) is 48.5 Å². The third-order valence-electron chi connectivity index (χ3n) is 3.37. The second-order valence-corrected chi connectivity index (χ2v) is 5.24. The van der Waals surface area contributed by atoms with Gasteiger partial charge in [-0.25, -0.2) is 4.98 Å². The van der Waals surface area contributed by atoms with Crippen molar-refractivity contribution in [3.05, 3.63) is 64.9 Å². The Hall–Kier alpha value is -2.37. The summed E-state index contributed by atoms with van der Waals surface area (Å²) in [5, 5.41) is 7.79. The van der Waals surface area contributed by atoms with Gasteiger partial charge in [-0.3, -0.25) is 5.10 Å². The van der Waals surface area contributed by atoms with E-state index in [0.29, 0.717) is 16.7 Å². The monoisotopic (exact) mass is 314 g/mol. The molecule has 5 nitrogen and oxygen atoms in total. The van der Waals surface area contributed by atoms with Gasteiger partial charge in [0, 0.05) is 10.6 Å². The number of halogens is 1. The second-order valence-electron chi connectivity index (χ2n) is 4.80. The minimum Gasteiger partial charge on any atom is -0.497 e. The molecule has 1 atom stereocenters. The van der Waals surface area contributed by atoms with E-state index in [4.69, 9.17) is 22.1 Å². The summed E-state index contributed by atoms with van der Waals surface area (Å²) in [5.41, 5.74) is 8.02. The number of hydrogen-bond acceptors (Lipinski definition) is 4. The molecule has 0 saturated heterocycles. The van der Waals surface area contributed by atoms with E-state index in [1.807, 2.05) is 36.4 Å². The molecule has 6 heteroatoms. The minimum atomic E-state index is -0.378. The Morgan fingerprint density at radius 2 is 1.77 bits per heavy atom. The topological polar surface area (TPSA) is 76.8 Å². The van der Waals surface area contributed by atoms with Crippen molar-refractivity contribution in [3.8, 4) is 17.1 Å². The first kappa shape index (κ1) is 14.6. The van der Waals surface area contributed by atoms with Crippen molar-refractivity contribution < 1.29 is 4.74 Å². The molecule has 0 bridgehead atoms. The number of ether oxygens (including phenoxy) is 1. The van der Waals surface area contributed by atoms with Crippen molar-refractivity contribution >= 4 is 11.6 Å². The predicted molar refractivity (Wildman–Crippen MR) is 85.9 cm³/mol. The molecule has 22 heavy (non-hydrogen) atoms. The number of nitrogens with two attached hydrogens (primary N) is 1. The van der Waals surface area contributed by atoms with Gasteiger partial charge in [-0.1, -0.05) is 23.7 Å². The summed E-state index contributed by atoms with van der Waals surface area (Å²) in [5.74, 6) is 1.99. The number of nitrogens with zero attached hydrogens (tertiary/aromatic N) is 2. The number of hydrogen-bond donors (Lipinski definition) is 2. The lowest BCUT2D eigenvalue weighted by Gasteiger charge is -2.08. The van der Waals surface area contributed by atoms with Crippen LogP contribution in [0.2, 0.25) is 5.02 Å². The first-order chi connectivity index (χ1) is 10.7. The second kappa shape index (κ2) is 6.17. The van der Waals surface area contributed by atoms with E-state index >= 15 is 0 Å². The van der Waals surface area contributed by atoms with Crippen LogP contribution in [0.5, 0.6) is 5.75 Å². The summed E-state index contributed by atoms with van der Waals surface area (Å²) in [4.78, 5) is 4.47. The van der Waals surface area contributed by atoms with Crippen LogP contribution in [0.4, 0.5) is 0 Å². The van der Waals surface area contributed by atoms with Gasteiger partial charge in [-0.2, -0.15) is 5.10 Å². The number of aromatic nitrogens is 3. The molecule has 3 N–H and O–H groups in total. The first-order valence-electron chi connectivity index (χ1n) is 6.75. The Bertz CT molecular complexity index is 753. The SMILES string of the molecule is COc1ccc(-c2n[nH]c(C(N)c3ccc(Cl)cc3)n2)cc1. The van der Waals surface area contributed by atoms with Gasteiger partial charge in [0.1, 0.15) is 11.6 Å². The molecule has 3 aromatic rings. The molecule has 1 heterocycles. The molecule has 0 saturated carbocycles. The highest BCUT2D eigenvalue weighted by Crippen LogP contribution is 2.22. The predicted octanol–water partition coefficient (Wildman–Crippen LogP) is 3.18. The van der Waals surface area contributed by atoms with Crippen LogP contribution in [-0.4, -0.2) is 22.3 Å². The molecule has 0 aliphatic carbocycles. The Morgan fingerprint density at radius 3 is 2.41 bits per heavy atom. The Balaban J connectivity index is 1.84. The van der Waals surface area contributed by atoms with Crippen molar-refractivity contribution in [1.82, 2.24) is 15.2 Å². The molecule has 2 aromatic carbocycles. The largest absolute Gasteiger partial charge is 0.497 e. The van der Waals surface area contributed by atoms with Crippen molar-refractivity contribution in [2.24, 2.45) is 5.73 Å². The van der Waals surface area contributed by atoms with E-state index in [9.17, 15) is 0 Å². The maximum Gasteiger partial charge on any atom is 0.181 e. The molecular formula is C16H15ClN4O. The molecular weight excluding hydrogens is 300 g/mol. The summed E-state index contributed by atoms with van der Waals surface area (Å²) in [7, 11) is 1.63. The summed E-state index contributed by atoms with van der Waals surface area (Å²) in [6.07, 6.45) is 0. The van der Waals surface area contributed by atoms with Crippen LogP contribution in [0.1, 0.15) is 17.4 Å². The van der Waals surface area contributed by atoms with Crippen LogP contribution < -0.4 is 10.5 Å². The van der Waals surface area contributed by atoms with E-state index in [2.05, 4.69) is 15.2 Å². The fraction of sp³-hybridized carbons (Fsp3) is 0.125. The average Bonchev–Trinajstić information content (AvgIpc) is 3.05. The van der Waals surface area contributed by atoms with Crippen LogP contribution in [0, 0.1) is 0 Å². The van der Waals surface area contributed by atoms with Gasteiger partial charge in [0.25, 0.3) is 0 Å². The summed E-state index contributed by atoms with van der Waals surface area (Å²) in [6.45, 7) is 0. The van der Waals surface area contributed by atoms with E-state index in [-0.39, 0.29) is 6.04 Å². The minimum absolute atomic E-state index is 0.378. The molecule has 1 unspecified atom stereocenters. The average molecular weight is 315 g/mol. The zero-order valence-corrected chi connectivity index (χ0v) is 12.7. The lowest BCUT2D eigenvalue weighted by Crippen LogP contribution is -2.13. The van der Waals surface area contributed by atoms with Gasteiger partial charge in [0.2, 0.25) is 0 Å². The van der Waals surface area contributed by atoms with Crippen LogP contribution in [0.3, 0.4) is 0 Å². The molecule has 0 fully saturated rings. The maximum absolute atomic E-state index is 6.21. The van der Waals surface area contributed by atoms with Crippen LogP contribution >= 0.6 is 11.6 Å². The molecule has 3 rings (SSSR count). The summed E-state index contributed by atoms with van der Waals surface area (Å²) in [6, 6.07) is 14.5. The molecule has 0 amide bonds. The number of nitrogens with one attached hydrogen (secondary N) is 1. The number of methoxy groups -OCH3 is 1. The number of rotatable bonds is 4. The lowest BCUT2D eigenvalue weighted by atomic mass is 10.1. The number of benzene rings is 2. The summed E-state index contributed by atoms with van der Waals surface area (Å²) < 4.78 is 5.14. The lowest BCUT2D eigenvalue weighted by molar-refractivity contribution is 0.415. The van der Waals surface area contributed by atoms with E-state index in [1.54, 1.807) is 19.2 Å². The van der Waals surface area contributed by atoms with Gasteiger partial charge < -0.3 is 10.5 Å². The molecule has 0 spiro atoms. The molecule has 0 aliphatic rings. The van der Waals surface area contributed by atoms with Crippen molar-refractivity contribution in [2.75, 3.05) is 7.11 Å². The highest BCUT2D eigenvalue weighted by Gasteiger charge is 2.14. The van der Waals surface area contributed by atoms with Gasteiger partial charge >= 0.3 is 0 Å². The van der Waals surface area contributed by atoms with Crippen molar-refractivity contribution in [3.63, 3.8) is 0 Å². The first-order valence-corrected chi connectivity index (χ1v) is 7.13. The van der Waals surface area contributed by atoms with Gasteiger partial charge in [0.15, 0.2) is 5.82 Å². The Morgan fingerprint density at radius 1 is 1.09 bits per heavy atom. The molecule has 1 aromatic heterocycles.